The number of nitrogens with zero attached hydrogens (tertiary/aromatic N) is 1. The first kappa shape index (κ1) is 17.0. The molecule has 0 atom stereocenters. The van der Waals surface area contributed by atoms with Crippen molar-refractivity contribution >= 4 is 11.6 Å². The molecule has 0 fully saturated rings. The molecule has 0 saturated carbocycles. The van der Waals surface area contributed by atoms with E-state index in [1.54, 1.807) is 0 Å². The number of nitro benzene ring substituents is 1. The fourth-order valence-corrected chi connectivity index (χ4v) is 1.77. The molecule has 6 nitrogen and oxygen atoms in total. The van der Waals surface area contributed by atoms with Crippen molar-refractivity contribution in [2.24, 2.45) is 0 Å². The average Bonchev–Trinajstić information content (AvgIpc) is 2.42. The number of carbonyl (C=O) groups excluding carboxylic acids is 1. The van der Waals surface area contributed by atoms with Gasteiger partial charge >= 0.3 is 5.69 Å². The van der Waals surface area contributed by atoms with E-state index in [4.69, 9.17) is 5.11 Å². The maximum absolute atomic E-state index is 13.7. The van der Waals surface area contributed by atoms with E-state index in [1.807, 2.05) is 0 Å². The molecule has 1 amide bonds. The van der Waals surface area contributed by atoms with Crippen LogP contribution in [0, 0.1) is 21.7 Å². The fourth-order valence-electron chi connectivity index (χ4n) is 1.77. The molecular formula is C13H16F2N2O4. The van der Waals surface area contributed by atoms with Crippen LogP contribution in [0.4, 0.5) is 14.5 Å². The smallest absolute Gasteiger partial charge is 0.305 e. The number of nitrogens with one attached hydrogen (secondary N) is 1. The van der Waals surface area contributed by atoms with Crippen molar-refractivity contribution in [3.8, 4) is 0 Å². The molecule has 0 aliphatic heterocycles. The van der Waals surface area contributed by atoms with Crippen LogP contribution in [0.15, 0.2) is 12.1 Å². The second-order valence-corrected chi connectivity index (χ2v) is 4.41. The summed E-state index contributed by atoms with van der Waals surface area (Å²) in [7, 11) is 0. The van der Waals surface area contributed by atoms with Crippen LogP contribution in [0.5, 0.6) is 0 Å². The van der Waals surface area contributed by atoms with Gasteiger partial charge in [0.1, 0.15) is 11.4 Å². The summed E-state index contributed by atoms with van der Waals surface area (Å²) in [5.74, 6) is -3.63. The highest BCUT2D eigenvalue weighted by molar-refractivity contribution is 5.95. The normalized spacial score (nSPS) is 10.4. The van der Waals surface area contributed by atoms with Gasteiger partial charge in [0, 0.05) is 19.2 Å². The first-order valence-electron chi connectivity index (χ1n) is 6.50. The van der Waals surface area contributed by atoms with Gasteiger partial charge in [-0.05, 0) is 18.9 Å². The van der Waals surface area contributed by atoms with Gasteiger partial charge in [0.2, 0.25) is 5.82 Å². The van der Waals surface area contributed by atoms with E-state index in [-0.39, 0.29) is 13.2 Å². The van der Waals surface area contributed by atoms with Crippen LogP contribution in [0.25, 0.3) is 0 Å². The van der Waals surface area contributed by atoms with E-state index in [2.05, 4.69) is 5.32 Å². The van der Waals surface area contributed by atoms with E-state index in [0.29, 0.717) is 25.0 Å². The van der Waals surface area contributed by atoms with Crippen molar-refractivity contribution in [1.82, 2.24) is 5.32 Å². The highest BCUT2D eigenvalue weighted by Crippen LogP contribution is 2.22. The van der Waals surface area contributed by atoms with Crippen LogP contribution in [-0.4, -0.2) is 29.1 Å². The molecule has 0 unspecified atom stereocenters. The van der Waals surface area contributed by atoms with Crippen molar-refractivity contribution < 1.29 is 23.6 Å². The number of amides is 1. The minimum atomic E-state index is -1.47. The summed E-state index contributed by atoms with van der Waals surface area (Å²) < 4.78 is 27.2. The van der Waals surface area contributed by atoms with Crippen molar-refractivity contribution in [3.63, 3.8) is 0 Å². The van der Waals surface area contributed by atoms with Crippen LogP contribution in [-0.2, 0) is 0 Å². The van der Waals surface area contributed by atoms with Crippen molar-refractivity contribution in [3.05, 3.63) is 39.4 Å². The number of benzene rings is 1. The Bertz CT molecular complexity index is 523. The first-order valence-corrected chi connectivity index (χ1v) is 6.50. The Balaban J connectivity index is 2.66. The Kier molecular flexibility index (Phi) is 6.67. The standard InChI is InChI=1S/C13H16F2N2O4/c14-9-5-6-10(17(20)21)12(15)11(9)13(19)16-7-3-1-2-4-8-18/h5-6,18H,1-4,7-8H2,(H,16,19). The number of nitro groups is 1. The highest BCUT2D eigenvalue weighted by Gasteiger charge is 2.25. The van der Waals surface area contributed by atoms with Gasteiger partial charge in [-0.15, -0.1) is 0 Å². The summed E-state index contributed by atoms with van der Waals surface area (Å²) in [5, 5.41) is 21.5. The van der Waals surface area contributed by atoms with Gasteiger partial charge in [0.05, 0.1) is 4.92 Å². The summed E-state index contributed by atoms with van der Waals surface area (Å²) in [5.41, 5.74) is -1.89. The molecule has 0 heterocycles. The maximum Gasteiger partial charge on any atom is 0.305 e. The summed E-state index contributed by atoms with van der Waals surface area (Å²) in [6.07, 6.45) is 2.78. The average molecular weight is 302 g/mol. The summed E-state index contributed by atoms with van der Waals surface area (Å²) in [6, 6.07) is 1.37. The largest absolute Gasteiger partial charge is 0.396 e. The lowest BCUT2D eigenvalue weighted by Gasteiger charge is -2.07. The lowest BCUT2D eigenvalue weighted by Crippen LogP contribution is -2.26. The Morgan fingerprint density at radius 1 is 1.24 bits per heavy atom. The molecular weight excluding hydrogens is 286 g/mol. The second-order valence-electron chi connectivity index (χ2n) is 4.41. The molecule has 0 aromatic heterocycles. The lowest BCUT2D eigenvalue weighted by atomic mass is 10.1. The number of rotatable bonds is 8. The van der Waals surface area contributed by atoms with Gasteiger partial charge in [-0.2, -0.15) is 4.39 Å². The zero-order valence-corrected chi connectivity index (χ0v) is 11.3. The van der Waals surface area contributed by atoms with E-state index in [1.165, 1.54) is 0 Å². The van der Waals surface area contributed by atoms with Crippen LogP contribution in [0.2, 0.25) is 0 Å². The third-order valence-electron chi connectivity index (χ3n) is 2.86. The number of aliphatic hydroxyl groups is 1. The molecule has 116 valence electrons. The lowest BCUT2D eigenvalue weighted by molar-refractivity contribution is -0.387. The Morgan fingerprint density at radius 2 is 1.90 bits per heavy atom. The van der Waals surface area contributed by atoms with E-state index < -0.39 is 33.7 Å². The van der Waals surface area contributed by atoms with Crippen LogP contribution >= 0.6 is 0 Å². The second kappa shape index (κ2) is 8.25. The molecule has 8 heteroatoms. The predicted octanol–water partition coefficient (Wildman–Crippen LogP) is 2.16. The fraction of sp³-hybridized carbons (Fsp3) is 0.462. The number of hydrogen-bond donors (Lipinski definition) is 2. The number of carbonyl (C=O) groups is 1. The molecule has 0 bridgehead atoms. The Hall–Kier alpha value is -2.09. The number of unbranched alkanes of at least 4 members (excludes halogenated alkanes) is 3. The van der Waals surface area contributed by atoms with Crippen LogP contribution in [0.1, 0.15) is 36.0 Å². The van der Waals surface area contributed by atoms with E-state index in [9.17, 15) is 23.7 Å². The first-order chi connectivity index (χ1) is 9.99. The Labute approximate surface area is 119 Å². The highest BCUT2D eigenvalue weighted by atomic mass is 19.1. The number of hydrogen-bond acceptors (Lipinski definition) is 4. The molecule has 21 heavy (non-hydrogen) atoms. The maximum atomic E-state index is 13.7. The van der Waals surface area contributed by atoms with Crippen molar-refractivity contribution in [1.29, 1.82) is 0 Å². The van der Waals surface area contributed by atoms with Gasteiger partial charge in [-0.1, -0.05) is 12.8 Å². The third-order valence-corrected chi connectivity index (χ3v) is 2.86. The molecule has 1 aromatic rings. The molecule has 1 rings (SSSR count). The monoisotopic (exact) mass is 302 g/mol. The Morgan fingerprint density at radius 3 is 2.52 bits per heavy atom. The van der Waals surface area contributed by atoms with Crippen molar-refractivity contribution in [2.75, 3.05) is 13.2 Å². The molecule has 1 aromatic carbocycles. The molecule has 0 aliphatic rings. The minimum Gasteiger partial charge on any atom is -0.396 e. The topological polar surface area (TPSA) is 92.5 Å². The molecule has 0 radical (unpaired) electrons. The molecule has 2 N–H and O–H groups in total. The van der Waals surface area contributed by atoms with Gasteiger partial charge in [-0.25, -0.2) is 4.39 Å². The number of halogens is 2. The van der Waals surface area contributed by atoms with Crippen LogP contribution in [0.3, 0.4) is 0 Å². The van der Waals surface area contributed by atoms with Gasteiger partial charge in [0.15, 0.2) is 0 Å². The predicted molar refractivity (Wildman–Crippen MR) is 70.9 cm³/mol. The van der Waals surface area contributed by atoms with Gasteiger partial charge in [-0.3, -0.25) is 14.9 Å². The molecule has 0 saturated heterocycles. The quantitative estimate of drug-likeness (QED) is 0.437. The zero-order valence-electron chi connectivity index (χ0n) is 11.3. The minimum absolute atomic E-state index is 0.0937. The summed E-state index contributed by atoms with van der Waals surface area (Å²) in [6.45, 7) is 0.294. The number of aliphatic hydroxyl groups excluding tert-OH is 1. The molecule has 0 spiro atoms. The summed E-state index contributed by atoms with van der Waals surface area (Å²) in [4.78, 5) is 21.2. The van der Waals surface area contributed by atoms with E-state index >= 15 is 0 Å². The summed E-state index contributed by atoms with van der Waals surface area (Å²) >= 11 is 0. The van der Waals surface area contributed by atoms with Crippen molar-refractivity contribution in [2.45, 2.75) is 25.7 Å². The van der Waals surface area contributed by atoms with Crippen LogP contribution < -0.4 is 5.32 Å². The van der Waals surface area contributed by atoms with Gasteiger partial charge in [0.25, 0.3) is 5.91 Å². The molecule has 0 aliphatic carbocycles. The third kappa shape index (κ3) is 4.75. The zero-order chi connectivity index (χ0) is 15.8. The van der Waals surface area contributed by atoms with Gasteiger partial charge < -0.3 is 10.4 Å². The SMILES string of the molecule is O=C(NCCCCCCO)c1c(F)ccc([N+](=O)[O-])c1F. The van der Waals surface area contributed by atoms with E-state index in [0.717, 1.165) is 12.8 Å².